The molecular formula is C17H33NO. The van der Waals surface area contributed by atoms with Crippen LogP contribution in [-0.2, 0) is 0 Å². The summed E-state index contributed by atoms with van der Waals surface area (Å²) < 4.78 is 0. The Bertz CT molecular complexity index is 282. The summed E-state index contributed by atoms with van der Waals surface area (Å²) in [6.45, 7) is 10.00. The first-order valence-corrected chi connectivity index (χ1v) is 8.18. The van der Waals surface area contributed by atoms with Crippen molar-refractivity contribution >= 4 is 0 Å². The monoisotopic (exact) mass is 267 g/mol. The van der Waals surface area contributed by atoms with Gasteiger partial charge in [-0.25, -0.2) is 0 Å². The Hall–Kier alpha value is -0.0800. The van der Waals surface area contributed by atoms with E-state index in [1.165, 1.54) is 44.9 Å². The molecule has 2 atom stereocenters. The van der Waals surface area contributed by atoms with Crippen molar-refractivity contribution in [3.05, 3.63) is 0 Å². The summed E-state index contributed by atoms with van der Waals surface area (Å²) >= 11 is 0. The predicted molar refractivity (Wildman–Crippen MR) is 81.2 cm³/mol. The van der Waals surface area contributed by atoms with E-state index in [4.69, 9.17) is 0 Å². The van der Waals surface area contributed by atoms with E-state index in [0.29, 0.717) is 35.4 Å². The highest BCUT2D eigenvalue weighted by Crippen LogP contribution is 2.46. The van der Waals surface area contributed by atoms with Crippen molar-refractivity contribution in [2.75, 3.05) is 6.61 Å². The minimum Gasteiger partial charge on any atom is -0.396 e. The standard InChI is InChI=1S/C17H33NO/c1-16(2)9-14(10-17(3,4)12-16)18-15-8-6-5-7-13(15)11-19/h13-15,18-19H,5-12H2,1-4H3. The van der Waals surface area contributed by atoms with Crippen LogP contribution in [0, 0.1) is 16.7 Å². The molecule has 2 saturated carbocycles. The van der Waals surface area contributed by atoms with E-state index in [-0.39, 0.29) is 0 Å². The summed E-state index contributed by atoms with van der Waals surface area (Å²) in [5, 5.41) is 13.5. The van der Waals surface area contributed by atoms with Gasteiger partial charge in [0.2, 0.25) is 0 Å². The van der Waals surface area contributed by atoms with Crippen LogP contribution in [0.4, 0.5) is 0 Å². The van der Waals surface area contributed by atoms with E-state index >= 15 is 0 Å². The number of hydrogen-bond donors (Lipinski definition) is 2. The van der Waals surface area contributed by atoms with E-state index in [2.05, 4.69) is 33.0 Å². The summed E-state index contributed by atoms with van der Waals surface area (Å²) in [7, 11) is 0. The molecule has 2 N–H and O–H groups in total. The largest absolute Gasteiger partial charge is 0.396 e. The Morgan fingerprint density at radius 3 is 2.16 bits per heavy atom. The lowest BCUT2D eigenvalue weighted by Gasteiger charge is -2.47. The summed E-state index contributed by atoms with van der Waals surface area (Å²) in [5.74, 6) is 0.488. The predicted octanol–water partition coefficient (Wildman–Crippen LogP) is 3.73. The fraction of sp³-hybridized carbons (Fsp3) is 1.00. The van der Waals surface area contributed by atoms with Crippen molar-refractivity contribution in [3.8, 4) is 0 Å². The zero-order valence-electron chi connectivity index (χ0n) is 13.3. The number of aliphatic hydroxyl groups excluding tert-OH is 1. The first-order chi connectivity index (χ1) is 8.81. The van der Waals surface area contributed by atoms with Gasteiger partial charge in [0, 0.05) is 18.7 Å². The van der Waals surface area contributed by atoms with Crippen LogP contribution in [0.3, 0.4) is 0 Å². The molecule has 2 aliphatic carbocycles. The molecular weight excluding hydrogens is 234 g/mol. The fourth-order valence-corrected chi connectivity index (χ4v) is 4.91. The highest BCUT2D eigenvalue weighted by molar-refractivity contribution is 4.94. The molecule has 2 fully saturated rings. The van der Waals surface area contributed by atoms with E-state index in [1.807, 2.05) is 0 Å². The lowest BCUT2D eigenvalue weighted by Crippen LogP contribution is -2.51. The van der Waals surface area contributed by atoms with Gasteiger partial charge in [0.25, 0.3) is 0 Å². The summed E-state index contributed by atoms with van der Waals surface area (Å²) in [6, 6.07) is 1.18. The van der Waals surface area contributed by atoms with Crippen LogP contribution in [0.5, 0.6) is 0 Å². The zero-order valence-corrected chi connectivity index (χ0v) is 13.3. The van der Waals surface area contributed by atoms with Gasteiger partial charge in [-0.05, 0) is 48.9 Å². The highest BCUT2D eigenvalue weighted by Gasteiger charge is 2.39. The van der Waals surface area contributed by atoms with Crippen LogP contribution in [0.15, 0.2) is 0 Å². The smallest absolute Gasteiger partial charge is 0.0474 e. The molecule has 0 bridgehead atoms. The maximum Gasteiger partial charge on any atom is 0.0474 e. The molecule has 0 heterocycles. The van der Waals surface area contributed by atoms with Crippen LogP contribution in [0.2, 0.25) is 0 Å². The van der Waals surface area contributed by atoms with Crippen LogP contribution < -0.4 is 5.32 Å². The van der Waals surface area contributed by atoms with Crippen LogP contribution in [0.1, 0.15) is 72.6 Å². The summed E-state index contributed by atoms with van der Waals surface area (Å²) in [6.07, 6.45) is 8.97. The normalized spacial score (nSPS) is 35.2. The molecule has 2 unspecified atom stereocenters. The van der Waals surface area contributed by atoms with Gasteiger partial charge in [-0.2, -0.15) is 0 Å². The van der Waals surface area contributed by atoms with Gasteiger partial charge in [-0.3, -0.25) is 0 Å². The van der Waals surface area contributed by atoms with Gasteiger partial charge in [0.05, 0.1) is 0 Å². The van der Waals surface area contributed by atoms with Gasteiger partial charge in [-0.15, -0.1) is 0 Å². The maximum atomic E-state index is 9.56. The van der Waals surface area contributed by atoms with Gasteiger partial charge >= 0.3 is 0 Å². The molecule has 0 radical (unpaired) electrons. The summed E-state index contributed by atoms with van der Waals surface area (Å²) in [4.78, 5) is 0. The molecule has 0 spiro atoms. The molecule has 2 heteroatoms. The Morgan fingerprint density at radius 1 is 1.00 bits per heavy atom. The molecule has 2 aliphatic rings. The second-order valence-electron chi connectivity index (χ2n) is 8.61. The molecule has 19 heavy (non-hydrogen) atoms. The zero-order chi connectivity index (χ0) is 14.1. The quantitative estimate of drug-likeness (QED) is 0.816. The number of rotatable bonds is 3. The molecule has 112 valence electrons. The molecule has 2 nitrogen and oxygen atoms in total. The van der Waals surface area contributed by atoms with E-state index in [0.717, 1.165) is 0 Å². The van der Waals surface area contributed by atoms with Gasteiger partial charge in [0.1, 0.15) is 0 Å². The minimum atomic E-state index is 0.358. The van der Waals surface area contributed by atoms with Crippen LogP contribution in [0.25, 0.3) is 0 Å². The number of hydrogen-bond acceptors (Lipinski definition) is 2. The first kappa shape index (κ1) is 15.3. The lowest BCUT2D eigenvalue weighted by molar-refractivity contribution is 0.0649. The van der Waals surface area contributed by atoms with Crippen molar-refractivity contribution in [2.45, 2.75) is 84.7 Å². The van der Waals surface area contributed by atoms with Crippen molar-refractivity contribution in [1.82, 2.24) is 5.32 Å². The van der Waals surface area contributed by atoms with E-state index in [9.17, 15) is 5.11 Å². The van der Waals surface area contributed by atoms with Crippen molar-refractivity contribution in [3.63, 3.8) is 0 Å². The Kier molecular flexibility index (Phi) is 4.62. The SMILES string of the molecule is CC1(C)CC(NC2CCCCC2CO)CC(C)(C)C1. The van der Waals surface area contributed by atoms with E-state index in [1.54, 1.807) is 0 Å². The minimum absolute atomic E-state index is 0.358. The third kappa shape index (κ3) is 4.19. The van der Waals surface area contributed by atoms with Crippen molar-refractivity contribution in [2.24, 2.45) is 16.7 Å². The second-order valence-corrected chi connectivity index (χ2v) is 8.61. The lowest BCUT2D eigenvalue weighted by atomic mass is 9.63. The Morgan fingerprint density at radius 2 is 1.58 bits per heavy atom. The molecule has 0 aromatic rings. The maximum absolute atomic E-state index is 9.56. The Balaban J connectivity index is 1.97. The molecule has 0 saturated heterocycles. The van der Waals surface area contributed by atoms with Gasteiger partial charge in [-0.1, -0.05) is 40.5 Å². The number of nitrogens with one attached hydrogen (secondary N) is 1. The van der Waals surface area contributed by atoms with Gasteiger partial charge < -0.3 is 10.4 Å². The summed E-state index contributed by atoms with van der Waals surface area (Å²) in [5.41, 5.74) is 0.894. The molecule has 2 rings (SSSR count). The third-order valence-corrected chi connectivity index (χ3v) is 5.15. The first-order valence-electron chi connectivity index (χ1n) is 8.18. The van der Waals surface area contributed by atoms with Crippen molar-refractivity contribution in [1.29, 1.82) is 0 Å². The van der Waals surface area contributed by atoms with Crippen LogP contribution in [-0.4, -0.2) is 23.8 Å². The fourth-order valence-electron chi connectivity index (χ4n) is 4.91. The second kappa shape index (κ2) is 5.73. The molecule has 0 amide bonds. The topological polar surface area (TPSA) is 32.3 Å². The highest BCUT2D eigenvalue weighted by atomic mass is 16.3. The number of aliphatic hydroxyl groups is 1. The van der Waals surface area contributed by atoms with E-state index < -0.39 is 0 Å². The average molecular weight is 267 g/mol. The van der Waals surface area contributed by atoms with Crippen molar-refractivity contribution < 1.29 is 5.11 Å². The molecule has 0 aromatic heterocycles. The van der Waals surface area contributed by atoms with Gasteiger partial charge in [0.15, 0.2) is 0 Å². The third-order valence-electron chi connectivity index (χ3n) is 5.15. The molecule has 0 aliphatic heterocycles. The molecule has 0 aromatic carbocycles. The average Bonchev–Trinajstić information content (AvgIpc) is 2.25. The van der Waals surface area contributed by atoms with Crippen LogP contribution >= 0.6 is 0 Å². The Labute approximate surface area is 119 Å².